The van der Waals surface area contributed by atoms with Crippen molar-refractivity contribution >= 4 is 146 Å². The number of benzene rings is 17. The lowest BCUT2D eigenvalue weighted by Gasteiger charge is -2.26. The molecular formula is C103H78BBr2F7N7. The van der Waals surface area contributed by atoms with Gasteiger partial charge in [0.15, 0.2) is 0 Å². The fourth-order valence-corrected chi connectivity index (χ4v) is 14.8. The maximum absolute atomic E-state index is 14.4. The van der Waals surface area contributed by atoms with Crippen LogP contribution < -0.4 is 26.2 Å². The molecule has 0 saturated carbocycles. The zero-order chi connectivity index (χ0) is 79.4. The van der Waals surface area contributed by atoms with Crippen molar-refractivity contribution in [2.75, 3.05) is 26.2 Å². The second-order valence-electron chi connectivity index (χ2n) is 27.5. The molecule has 0 aliphatic carbocycles. The number of nitrogens with one attached hydrogen (secondary N) is 2. The summed E-state index contributed by atoms with van der Waals surface area (Å²) in [5.41, 5.74) is 28.4. The summed E-state index contributed by atoms with van der Waals surface area (Å²) in [6.07, 6.45) is 0. The summed E-state index contributed by atoms with van der Waals surface area (Å²) in [5.74, 6) is -1.32. The summed E-state index contributed by atoms with van der Waals surface area (Å²) >= 11 is 6.84. The number of nitrogens with zero attached hydrogens (tertiary/aromatic N) is 4. The fraction of sp³-hybridized carbons (Fsp3) is 0.00971. The van der Waals surface area contributed by atoms with Gasteiger partial charge in [-0.3, -0.25) is 9.41 Å². The molecule has 17 heteroatoms. The van der Waals surface area contributed by atoms with E-state index in [9.17, 15) is 22.0 Å². The van der Waals surface area contributed by atoms with Gasteiger partial charge >= 0.3 is 0 Å². The van der Waals surface area contributed by atoms with Gasteiger partial charge < -0.3 is 35.3 Å². The normalized spacial score (nSPS) is 10.6. The van der Waals surface area contributed by atoms with Crippen LogP contribution in [-0.2, 0) is 0 Å². The summed E-state index contributed by atoms with van der Waals surface area (Å²) in [7, 11) is 0. The van der Waals surface area contributed by atoms with E-state index in [1.807, 2.05) is 84.9 Å². The molecule has 0 bridgehead atoms. The number of fused-ring (bicyclic) bond motifs is 6. The zero-order valence-corrected chi connectivity index (χ0v) is 66.8. The Morgan fingerprint density at radius 1 is 0.242 bits per heavy atom. The minimum Gasteiger partial charge on any atom is -0.399 e. The third-order valence-electron chi connectivity index (χ3n) is 19.9. The van der Waals surface area contributed by atoms with Crippen molar-refractivity contribution in [3.63, 3.8) is 0 Å². The Labute approximate surface area is 710 Å². The zero-order valence-electron chi connectivity index (χ0n) is 63.7. The van der Waals surface area contributed by atoms with Gasteiger partial charge in [-0.2, -0.15) is 0 Å². The molecule has 0 spiro atoms. The topological polar surface area (TPSA) is 66.4 Å². The highest BCUT2D eigenvalue weighted by Crippen LogP contribution is 2.44. The molecule has 0 saturated heterocycles. The number of aromatic nitrogens is 2. The van der Waals surface area contributed by atoms with Crippen LogP contribution in [0.3, 0.4) is 0 Å². The van der Waals surface area contributed by atoms with Crippen molar-refractivity contribution in [3.8, 4) is 44.8 Å². The third-order valence-corrected chi connectivity index (χ3v) is 20.9. The van der Waals surface area contributed by atoms with Crippen molar-refractivity contribution in [1.82, 2.24) is 9.13 Å². The molecule has 120 heavy (non-hydrogen) atoms. The monoisotopic (exact) mass is 1710 g/mol. The van der Waals surface area contributed by atoms with Gasteiger partial charge in [0.1, 0.15) is 29.1 Å². The number of anilines is 11. The molecule has 2 aromatic heterocycles. The first-order valence-corrected chi connectivity index (χ1v) is 39.1. The summed E-state index contributed by atoms with van der Waals surface area (Å²) in [6, 6.07) is 132. The number of nitrogen functional groups attached to an aromatic ring is 1. The molecular weight excluding hydrogens is 1640 g/mol. The highest BCUT2D eigenvalue weighted by molar-refractivity contribution is 9.10. The number of para-hydroxylation sites is 4. The van der Waals surface area contributed by atoms with Crippen LogP contribution in [0.15, 0.2) is 421 Å². The summed E-state index contributed by atoms with van der Waals surface area (Å²) in [4.78, 5) is 4.35. The largest absolute Gasteiger partial charge is 0.399 e. The van der Waals surface area contributed by atoms with Crippen molar-refractivity contribution < 1.29 is 31.4 Å². The molecule has 17 aromatic carbocycles. The number of hydrogen-bond donors (Lipinski definition) is 3. The average Bonchev–Trinajstić information content (AvgIpc) is 1.59. The van der Waals surface area contributed by atoms with Crippen molar-refractivity contribution in [1.29, 1.82) is 0 Å². The van der Waals surface area contributed by atoms with Crippen LogP contribution in [0.2, 0.25) is 0 Å². The van der Waals surface area contributed by atoms with Gasteiger partial charge in [-0.25, -0.2) is 22.0 Å². The molecule has 3 radical (unpaired) electrons. The number of nitrogens with two attached hydrogens (primary N) is 1. The van der Waals surface area contributed by atoms with Gasteiger partial charge in [-0.05, 0) is 300 Å². The third kappa shape index (κ3) is 19.8. The summed E-state index contributed by atoms with van der Waals surface area (Å²) in [6.45, 7) is 0. The Balaban J connectivity index is 0.000000199. The molecule has 19 aromatic rings. The Kier molecular flexibility index (Phi) is 27.9. The van der Waals surface area contributed by atoms with Crippen LogP contribution in [0.5, 0.6) is 0 Å². The standard InChI is InChI=1S/C60H40F2N4.C24H18F2N2.C12H8Br2.C6H6FN.CH4.B.2FH/c61-43-23-31-49(32-24-43)63(51-35-37-59-55(39-51)53-15-7-9-17-57(53)65(59)45-11-3-1-4-12-45)47-27-19-41(20-28-47)42-21-29-48(30-22-42)64(50-33-25-44(62)26-34-50)52-36-38-60-56(40-52)54-16-8-10-18-58(54)66(60)46-13-5-2-6-14-46;25-19-5-13-23(14-6-19)27-21-9-1-17(2-10-21)18-3-11-22(12-4-18)28-24-15-7-20(26)8-16-24;13-11-5-1-9(2-6-11)10-3-7-12(14)8-4-10;7-5-1-3-6(8)4-2-5;;;;/h1-40H;1-16,27-28H;1-8H;1-4H,8H2;1H4;;2*1H. The maximum atomic E-state index is 14.4. The number of rotatable bonds is 15. The second kappa shape index (κ2) is 39.2. The van der Waals surface area contributed by atoms with Gasteiger partial charge in [0.2, 0.25) is 0 Å². The van der Waals surface area contributed by atoms with E-state index in [2.05, 4.69) is 292 Å². The molecule has 2 heterocycles. The highest BCUT2D eigenvalue weighted by atomic mass is 79.9. The molecule has 0 unspecified atom stereocenters. The first kappa shape index (κ1) is 85.2. The summed E-state index contributed by atoms with van der Waals surface area (Å²) < 4.78 is 73.6. The quantitative estimate of drug-likeness (QED) is 0.0542. The fourth-order valence-electron chi connectivity index (χ4n) is 14.2. The molecule has 4 N–H and O–H groups in total. The van der Waals surface area contributed by atoms with Gasteiger partial charge in [0.05, 0.1) is 22.1 Å². The predicted molar refractivity (Wildman–Crippen MR) is 497 cm³/mol. The summed E-state index contributed by atoms with van der Waals surface area (Å²) in [5, 5.41) is 11.1. The van der Waals surface area contributed by atoms with Crippen LogP contribution in [0.4, 0.5) is 93.9 Å². The van der Waals surface area contributed by atoms with E-state index in [1.165, 1.54) is 83.9 Å². The predicted octanol–water partition coefficient (Wildman–Crippen LogP) is 30.7. The molecule has 0 aliphatic rings. The van der Waals surface area contributed by atoms with E-state index < -0.39 is 0 Å². The lowest BCUT2D eigenvalue weighted by Crippen LogP contribution is -2.10. The highest BCUT2D eigenvalue weighted by Gasteiger charge is 2.21. The van der Waals surface area contributed by atoms with Crippen LogP contribution in [0, 0.1) is 29.1 Å². The number of halogens is 9. The Morgan fingerprint density at radius 3 is 0.767 bits per heavy atom. The van der Waals surface area contributed by atoms with Crippen LogP contribution >= 0.6 is 31.9 Å². The van der Waals surface area contributed by atoms with E-state index in [4.69, 9.17) is 5.73 Å². The van der Waals surface area contributed by atoms with E-state index in [1.54, 1.807) is 24.3 Å². The molecule has 19 rings (SSSR count). The van der Waals surface area contributed by atoms with E-state index in [-0.39, 0.29) is 54.3 Å². The van der Waals surface area contributed by atoms with E-state index >= 15 is 0 Å². The van der Waals surface area contributed by atoms with Crippen LogP contribution in [-0.4, -0.2) is 17.5 Å². The van der Waals surface area contributed by atoms with Crippen molar-refractivity contribution in [2.24, 2.45) is 0 Å². The Hall–Kier alpha value is -14.1. The second-order valence-corrected chi connectivity index (χ2v) is 29.3. The molecule has 0 fully saturated rings. The van der Waals surface area contributed by atoms with Gasteiger partial charge in [-0.15, -0.1) is 0 Å². The van der Waals surface area contributed by atoms with Crippen LogP contribution in [0.1, 0.15) is 7.43 Å². The smallest absolute Gasteiger partial charge is 0.123 e. The molecule has 7 nitrogen and oxygen atoms in total. The Bertz CT molecular complexity index is 6140. The van der Waals surface area contributed by atoms with Crippen LogP contribution in [0.25, 0.3) is 88.4 Å². The van der Waals surface area contributed by atoms with E-state index in [0.717, 1.165) is 143 Å². The average molecular weight is 1720 g/mol. The minimum absolute atomic E-state index is 0. The first-order valence-electron chi connectivity index (χ1n) is 37.5. The minimum atomic E-state index is -0.284. The molecule has 591 valence electrons. The van der Waals surface area contributed by atoms with Gasteiger partial charge in [0.25, 0.3) is 0 Å². The molecule has 0 atom stereocenters. The Morgan fingerprint density at radius 2 is 0.467 bits per heavy atom. The van der Waals surface area contributed by atoms with E-state index in [0.29, 0.717) is 5.69 Å². The van der Waals surface area contributed by atoms with Crippen molar-refractivity contribution in [3.05, 3.63) is 451 Å². The molecule has 0 amide bonds. The van der Waals surface area contributed by atoms with Crippen molar-refractivity contribution in [2.45, 2.75) is 7.43 Å². The SMILES string of the molecule is Brc1ccc(-c2ccc(Br)cc2)cc1.C.F.F.Fc1ccc(N(c2ccc(-c3ccc(N(c4ccc(F)cc4)c4ccc5c(c4)c4ccccc4n5-c4ccccc4)cc3)cc2)c2ccc3c(c2)c2ccccc2n3-c2ccccc2)cc1.Fc1ccc(Nc2ccc(-c3ccc(Nc4ccc(F)cc4)cc3)cc2)cc1.Nc1ccc(F)cc1.[B]. The number of hydrogen-bond acceptors (Lipinski definition) is 5. The van der Waals surface area contributed by atoms with Gasteiger partial charge in [0, 0.05) is 113 Å². The lowest BCUT2D eigenvalue weighted by molar-refractivity contribution is 0.627. The maximum Gasteiger partial charge on any atom is 0.123 e. The van der Waals surface area contributed by atoms with Gasteiger partial charge in [-0.1, -0.05) is 185 Å². The molecule has 0 aliphatic heterocycles. The first-order chi connectivity index (χ1) is 56.7. The lowest BCUT2D eigenvalue weighted by atomic mass is 10.0.